The van der Waals surface area contributed by atoms with Crippen LogP contribution < -0.4 is 15.8 Å². The van der Waals surface area contributed by atoms with Gasteiger partial charge in [0.15, 0.2) is 5.58 Å². The molecule has 9 nitrogen and oxygen atoms in total. The topological polar surface area (TPSA) is 117 Å². The lowest BCUT2D eigenvalue weighted by atomic mass is 10.2. The number of rotatable bonds is 5. The van der Waals surface area contributed by atoms with Gasteiger partial charge in [0.2, 0.25) is 5.91 Å². The second-order valence-corrected chi connectivity index (χ2v) is 5.11. The Morgan fingerprint density at radius 1 is 1.32 bits per heavy atom. The molecule has 0 spiro atoms. The molecule has 0 aliphatic carbocycles. The van der Waals surface area contributed by atoms with Crippen molar-refractivity contribution in [3.8, 4) is 5.75 Å². The number of anilines is 1. The highest BCUT2D eigenvalue weighted by Crippen LogP contribution is 2.28. The van der Waals surface area contributed by atoms with Crippen LogP contribution in [0.4, 0.5) is 11.4 Å². The smallest absolute Gasteiger partial charge is 0.420 e. The van der Waals surface area contributed by atoms with Gasteiger partial charge in [0.25, 0.3) is 5.69 Å². The van der Waals surface area contributed by atoms with E-state index in [-0.39, 0.29) is 23.7 Å². The molecule has 0 bridgehead atoms. The Labute approximate surface area is 140 Å². The van der Waals surface area contributed by atoms with Gasteiger partial charge in [0.1, 0.15) is 12.3 Å². The number of ether oxygens (including phenoxy) is 1. The van der Waals surface area contributed by atoms with Crippen molar-refractivity contribution in [2.24, 2.45) is 0 Å². The number of amides is 1. The fraction of sp³-hybridized carbons (Fsp3) is 0.125. The lowest BCUT2D eigenvalue weighted by Crippen LogP contribution is -2.25. The molecule has 0 atom stereocenters. The number of hydrogen-bond donors (Lipinski definition) is 1. The largest absolute Gasteiger partial charge is 0.495 e. The molecule has 0 aliphatic heterocycles. The van der Waals surface area contributed by atoms with E-state index in [1.54, 1.807) is 24.3 Å². The number of methoxy groups -OCH3 is 1. The molecule has 1 heterocycles. The highest BCUT2D eigenvalue weighted by molar-refractivity contribution is 5.93. The average molecular weight is 343 g/mol. The van der Waals surface area contributed by atoms with Gasteiger partial charge in [-0.25, -0.2) is 4.79 Å². The number of hydrogen-bond acceptors (Lipinski definition) is 6. The lowest BCUT2D eigenvalue weighted by Gasteiger charge is -2.10. The molecule has 2 aromatic carbocycles. The number of carbonyl (C=O) groups is 1. The van der Waals surface area contributed by atoms with Crippen LogP contribution in [-0.2, 0) is 11.3 Å². The van der Waals surface area contributed by atoms with E-state index in [0.29, 0.717) is 11.1 Å². The van der Waals surface area contributed by atoms with E-state index in [1.165, 1.54) is 29.9 Å². The number of nitrogens with one attached hydrogen (secondary N) is 1. The first-order valence-corrected chi connectivity index (χ1v) is 7.20. The quantitative estimate of drug-likeness (QED) is 0.560. The first kappa shape index (κ1) is 16.2. The number of fused-ring (bicyclic) bond motifs is 1. The Bertz CT molecular complexity index is 1020. The first-order chi connectivity index (χ1) is 12.0. The van der Waals surface area contributed by atoms with Crippen LogP contribution in [0.25, 0.3) is 11.1 Å². The number of non-ortho nitro benzene ring substituents is 1. The molecule has 0 fully saturated rings. The van der Waals surface area contributed by atoms with Gasteiger partial charge < -0.3 is 14.5 Å². The van der Waals surface area contributed by atoms with E-state index in [9.17, 15) is 19.7 Å². The van der Waals surface area contributed by atoms with Gasteiger partial charge in [-0.3, -0.25) is 19.5 Å². The van der Waals surface area contributed by atoms with Crippen LogP contribution in [0.5, 0.6) is 5.75 Å². The van der Waals surface area contributed by atoms with Crippen molar-refractivity contribution in [2.75, 3.05) is 12.4 Å². The maximum atomic E-state index is 12.3. The summed E-state index contributed by atoms with van der Waals surface area (Å²) in [5, 5.41) is 13.4. The zero-order valence-electron chi connectivity index (χ0n) is 13.1. The summed E-state index contributed by atoms with van der Waals surface area (Å²) in [4.78, 5) is 34.5. The lowest BCUT2D eigenvalue weighted by molar-refractivity contribution is -0.384. The number of benzene rings is 2. The van der Waals surface area contributed by atoms with E-state index in [4.69, 9.17) is 9.15 Å². The molecular formula is C16H13N3O6. The highest BCUT2D eigenvalue weighted by atomic mass is 16.6. The van der Waals surface area contributed by atoms with Crippen molar-refractivity contribution in [1.82, 2.24) is 4.57 Å². The maximum Gasteiger partial charge on any atom is 0.420 e. The van der Waals surface area contributed by atoms with Crippen molar-refractivity contribution < 1.29 is 18.9 Å². The summed E-state index contributed by atoms with van der Waals surface area (Å²) >= 11 is 0. The van der Waals surface area contributed by atoms with Gasteiger partial charge in [0.05, 0.1) is 23.2 Å². The van der Waals surface area contributed by atoms with Crippen LogP contribution in [0, 0.1) is 10.1 Å². The van der Waals surface area contributed by atoms with Gasteiger partial charge in [0, 0.05) is 12.1 Å². The molecule has 0 aliphatic rings. The van der Waals surface area contributed by atoms with E-state index < -0.39 is 16.6 Å². The number of nitrogens with zero attached hydrogens (tertiary/aromatic N) is 2. The van der Waals surface area contributed by atoms with Gasteiger partial charge in [-0.15, -0.1) is 0 Å². The van der Waals surface area contributed by atoms with Crippen molar-refractivity contribution in [2.45, 2.75) is 6.54 Å². The molecule has 0 unspecified atom stereocenters. The number of nitro benzene ring substituents is 1. The standard InChI is InChI=1S/C16H13N3O6/c1-24-13-7-6-10(19(22)23)8-11(13)17-15(20)9-18-12-4-2-3-5-14(12)25-16(18)21/h2-8H,9H2,1H3,(H,17,20). The fourth-order valence-electron chi connectivity index (χ4n) is 2.40. The summed E-state index contributed by atoms with van der Waals surface area (Å²) in [6.45, 7) is -0.304. The normalized spacial score (nSPS) is 10.6. The molecule has 1 amide bonds. The van der Waals surface area contributed by atoms with E-state index in [2.05, 4.69) is 5.32 Å². The molecule has 3 rings (SSSR count). The second kappa shape index (κ2) is 6.48. The molecule has 0 saturated carbocycles. The van der Waals surface area contributed by atoms with E-state index in [0.717, 1.165) is 0 Å². The first-order valence-electron chi connectivity index (χ1n) is 7.20. The van der Waals surface area contributed by atoms with Crippen molar-refractivity contribution in [1.29, 1.82) is 0 Å². The molecule has 1 aromatic heterocycles. The molecule has 0 saturated heterocycles. The van der Waals surface area contributed by atoms with Crippen molar-refractivity contribution >= 4 is 28.4 Å². The number of oxazole rings is 1. The fourth-order valence-corrected chi connectivity index (χ4v) is 2.40. The minimum atomic E-state index is -0.664. The third-order valence-electron chi connectivity index (χ3n) is 3.54. The highest BCUT2D eigenvalue weighted by Gasteiger charge is 2.16. The van der Waals surface area contributed by atoms with Gasteiger partial charge in [-0.1, -0.05) is 12.1 Å². The van der Waals surface area contributed by atoms with Gasteiger partial charge in [-0.05, 0) is 18.2 Å². The van der Waals surface area contributed by atoms with E-state index in [1.807, 2.05) is 0 Å². The zero-order chi connectivity index (χ0) is 18.0. The summed E-state index contributed by atoms with van der Waals surface area (Å²) in [6, 6.07) is 10.5. The molecule has 9 heteroatoms. The Kier molecular flexibility index (Phi) is 4.21. The summed E-state index contributed by atoms with van der Waals surface area (Å²) in [5.41, 5.74) is 0.798. The SMILES string of the molecule is COc1ccc([N+](=O)[O-])cc1NC(=O)Cn1c(=O)oc2ccccc21. The molecule has 3 aromatic rings. The third-order valence-corrected chi connectivity index (χ3v) is 3.54. The molecule has 128 valence electrons. The minimum absolute atomic E-state index is 0.141. The third kappa shape index (κ3) is 3.20. The van der Waals surface area contributed by atoms with E-state index >= 15 is 0 Å². The van der Waals surface area contributed by atoms with Crippen LogP contribution >= 0.6 is 0 Å². The summed E-state index contributed by atoms with van der Waals surface area (Å²) in [7, 11) is 1.38. The molecule has 1 N–H and O–H groups in total. The zero-order valence-corrected chi connectivity index (χ0v) is 13.1. The Balaban J connectivity index is 1.87. The molecule has 25 heavy (non-hydrogen) atoms. The average Bonchev–Trinajstić information content (AvgIpc) is 2.90. The predicted molar refractivity (Wildman–Crippen MR) is 88.8 cm³/mol. The Hall–Kier alpha value is -3.62. The second-order valence-electron chi connectivity index (χ2n) is 5.11. The number of nitro groups is 1. The molecule has 0 radical (unpaired) electrons. The monoisotopic (exact) mass is 343 g/mol. The van der Waals surface area contributed by atoms with Crippen molar-refractivity contribution in [3.63, 3.8) is 0 Å². The van der Waals surface area contributed by atoms with Crippen LogP contribution in [-0.4, -0.2) is 22.5 Å². The predicted octanol–water partition coefficient (Wildman–Crippen LogP) is 2.15. The van der Waals surface area contributed by atoms with Crippen LogP contribution in [0.1, 0.15) is 0 Å². The summed E-state index contributed by atoms with van der Waals surface area (Å²) < 4.78 is 11.3. The van der Waals surface area contributed by atoms with Crippen LogP contribution in [0.3, 0.4) is 0 Å². The van der Waals surface area contributed by atoms with Crippen molar-refractivity contribution in [3.05, 3.63) is 63.1 Å². The number of carbonyl (C=O) groups excluding carboxylic acids is 1. The summed E-state index contributed by atoms with van der Waals surface area (Å²) in [5.74, 6) is -0.946. The summed E-state index contributed by atoms with van der Waals surface area (Å²) in [6.07, 6.45) is 0. The van der Waals surface area contributed by atoms with Gasteiger partial charge >= 0.3 is 5.76 Å². The van der Waals surface area contributed by atoms with Gasteiger partial charge in [-0.2, -0.15) is 0 Å². The molecular weight excluding hydrogens is 330 g/mol. The van der Waals surface area contributed by atoms with Crippen LogP contribution in [0.2, 0.25) is 0 Å². The maximum absolute atomic E-state index is 12.3. The number of aromatic nitrogens is 1. The minimum Gasteiger partial charge on any atom is -0.495 e. The van der Waals surface area contributed by atoms with Crippen LogP contribution in [0.15, 0.2) is 51.7 Å². The number of para-hydroxylation sites is 2. The Morgan fingerprint density at radius 2 is 2.08 bits per heavy atom. The Morgan fingerprint density at radius 3 is 2.80 bits per heavy atom.